The number of carbonyl (C=O) groups is 1. The molecule has 86 valence electrons. The molecule has 4 N–H and O–H groups in total. The van der Waals surface area contributed by atoms with E-state index < -0.39 is 0 Å². The number of aliphatic imine (C=N–C) groups is 1. The molecule has 1 aromatic carbocycles. The summed E-state index contributed by atoms with van der Waals surface area (Å²) < 4.78 is 4.59. The van der Waals surface area contributed by atoms with Crippen LogP contribution in [0.4, 0.5) is 0 Å². The fraction of sp³-hybridized carbons (Fsp3) is 0.273. The van der Waals surface area contributed by atoms with Crippen molar-refractivity contribution < 1.29 is 9.53 Å². The lowest BCUT2D eigenvalue weighted by Gasteiger charge is -2.01. The van der Waals surface area contributed by atoms with Crippen molar-refractivity contribution in [2.45, 2.75) is 6.42 Å². The number of hydrogen-bond acceptors (Lipinski definition) is 3. The lowest BCUT2D eigenvalue weighted by atomic mass is 10.1. The fourth-order valence-corrected chi connectivity index (χ4v) is 1.24. The Labute approximate surface area is 94.1 Å². The maximum atomic E-state index is 11.2. The number of nitrogens with two attached hydrogens (primary N) is 2. The molecule has 0 fully saturated rings. The minimum atomic E-state index is -0.337. The Bertz CT molecular complexity index is 381. The van der Waals surface area contributed by atoms with E-state index >= 15 is 0 Å². The van der Waals surface area contributed by atoms with E-state index in [0.717, 1.165) is 12.0 Å². The van der Waals surface area contributed by atoms with Crippen LogP contribution in [-0.2, 0) is 11.2 Å². The topological polar surface area (TPSA) is 90.7 Å². The Kier molecular flexibility index (Phi) is 4.32. The van der Waals surface area contributed by atoms with Crippen LogP contribution >= 0.6 is 0 Å². The third-order valence-corrected chi connectivity index (χ3v) is 2.07. The van der Waals surface area contributed by atoms with Gasteiger partial charge in [0.1, 0.15) is 0 Å². The first-order valence-corrected chi connectivity index (χ1v) is 4.86. The number of nitrogens with zero attached hydrogens (tertiary/aromatic N) is 1. The van der Waals surface area contributed by atoms with Gasteiger partial charge in [-0.15, -0.1) is 0 Å². The summed E-state index contributed by atoms with van der Waals surface area (Å²) in [5.41, 5.74) is 12.0. The monoisotopic (exact) mass is 221 g/mol. The van der Waals surface area contributed by atoms with Gasteiger partial charge in [-0.3, -0.25) is 4.99 Å². The Morgan fingerprint density at radius 3 is 2.44 bits per heavy atom. The summed E-state index contributed by atoms with van der Waals surface area (Å²) in [5, 5.41) is 0. The molecule has 0 heterocycles. The zero-order valence-corrected chi connectivity index (χ0v) is 9.14. The molecule has 0 saturated carbocycles. The lowest BCUT2D eigenvalue weighted by Crippen LogP contribution is -2.23. The second-order valence-corrected chi connectivity index (χ2v) is 3.25. The molecule has 5 nitrogen and oxygen atoms in total. The van der Waals surface area contributed by atoms with Crippen molar-refractivity contribution in [2.75, 3.05) is 13.7 Å². The van der Waals surface area contributed by atoms with E-state index in [1.165, 1.54) is 7.11 Å². The highest BCUT2D eigenvalue weighted by atomic mass is 16.5. The van der Waals surface area contributed by atoms with E-state index in [9.17, 15) is 4.79 Å². The van der Waals surface area contributed by atoms with Crippen LogP contribution in [0.1, 0.15) is 15.9 Å². The zero-order valence-electron chi connectivity index (χ0n) is 9.14. The summed E-state index contributed by atoms with van der Waals surface area (Å²) in [4.78, 5) is 15.0. The number of methoxy groups -OCH3 is 1. The molecule has 1 aromatic rings. The van der Waals surface area contributed by atoms with Gasteiger partial charge in [0.2, 0.25) is 0 Å². The molecule has 0 saturated heterocycles. The molecule has 1 rings (SSSR count). The van der Waals surface area contributed by atoms with Crippen LogP contribution in [0.3, 0.4) is 0 Å². The number of ether oxygens (including phenoxy) is 1. The van der Waals surface area contributed by atoms with Crippen LogP contribution in [0.2, 0.25) is 0 Å². The van der Waals surface area contributed by atoms with E-state index in [-0.39, 0.29) is 11.9 Å². The molecular weight excluding hydrogens is 206 g/mol. The molecule has 0 bridgehead atoms. The van der Waals surface area contributed by atoms with Gasteiger partial charge < -0.3 is 16.2 Å². The van der Waals surface area contributed by atoms with Crippen LogP contribution < -0.4 is 11.5 Å². The lowest BCUT2D eigenvalue weighted by molar-refractivity contribution is 0.0600. The first kappa shape index (κ1) is 12.0. The molecule has 0 aliphatic carbocycles. The van der Waals surface area contributed by atoms with E-state index in [1.54, 1.807) is 12.1 Å². The predicted octanol–water partition coefficient (Wildman–Crippen LogP) is 0.289. The van der Waals surface area contributed by atoms with Crippen molar-refractivity contribution >= 4 is 11.9 Å². The summed E-state index contributed by atoms with van der Waals surface area (Å²) in [6, 6.07) is 7.15. The quantitative estimate of drug-likeness (QED) is 0.434. The average Bonchev–Trinajstić information content (AvgIpc) is 2.28. The number of esters is 1. The van der Waals surface area contributed by atoms with E-state index in [0.29, 0.717) is 12.1 Å². The first-order chi connectivity index (χ1) is 7.63. The number of guanidine groups is 1. The van der Waals surface area contributed by atoms with Crippen molar-refractivity contribution in [1.29, 1.82) is 0 Å². The molecule has 0 atom stereocenters. The molecule has 16 heavy (non-hydrogen) atoms. The van der Waals surface area contributed by atoms with Crippen molar-refractivity contribution in [3.8, 4) is 0 Å². The standard InChI is InChI=1S/C11H15N3O2/c1-16-10(15)9-4-2-8(3-5-9)6-7-14-11(12)13/h2-5H,6-7H2,1H3,(H4,12,13,14). The van der Waals surface area contributed by atoms with Crippen LogP contribution in [0.25, 0.3) is 0 Å². The highest BCUT2D eigenvalue weighted by molar-refractivity contribution is 5.89. The molecule has 0 unspecified atom stereocenters. The Morgan fingerprint density at radius 1 is 1.31 bits per heavy atom. The van der Waals surface area contributed by atoms with Gasteiger partial charge in [0.25, 0.3) is 0 Å². The molecule has 0 aromatic heterocycles. The third kappa shape index (κ3) is 3.61. The SMILES string of the molecule is COC(=O)c1ccc(CCN=C(N)N)cc1. The van der Waals surface area contributed by atoms with E-state index in [1.807, 2.05) is 12.1 Å². The third-order valence-electron chi connectivity index (χ3n) is 2.07. The van der Waals surface area contributed by atoms with Gasteiger partial charge in [-0.25, -0.2) is 4.79 Å². The van der Waals surface area contributed by atoms with Gasteiger partial charge in [0.15, 0.2) is 5.96 Å². The van der Waals surface area contributed by atoms with Crippen LogP contribution in [0.15, 0.2) is 29.3 Å². The second-order valence-electron chi connectivity index (χ2n) is 3.25. The summed E-state index contributed by atoms with van der Waals surface area (Å²) in [6.45, 7) is 0.542. The van der Waals surface area contributed by atoms with Gasteiger partial charge in [-0.05, 0) is 24.1 Å². The Balaban J connectivity index is 2.58. The summed E-state index contributed by atoms with van der Waals surface area (Å²) in [6.07, 6.45) is 0.735. The number of rotatable bonds is 4. The van der Waals surface area contributed by atoms with Crippen LogP contribution in [0.5, 0.6) is 0 Å². The molecule has 5 heteroatoms. The fourth-order valence-electron chi connectivity index (χ4n) is 1.24. The second kappa shape index (κ2) is 5.75. The van der Waals surface area contributed by atoms with Crippen molar-refractivity contribution in [2.24, 2.45) is 16.5 Å². The van der Waals surface area contributed by atoms with Crippen LogP contribution in [0, 0.1) is 0 Å². The van der Waals surface area contributed by atoms with Crippen molar-refractivity contribution in [3.63, 3.8) is 0 Å². The van der Waals surface area contributed by atoms with Gasteiger partial charge in [0, 0.05) is 6.54 Å². The maximum Gasteiger partial charge on any atom is 0.337 e. The Hall–Kier alpha value is -2.04. The maximum absolute atomic E-state index is 11.2. The average molecular weight is 221 g/mol. The minimum Gasteiger partial charge on any atom is -0.465 e. The molecule has 0 aliphatic heterocycles. The Morgan fingerprint density at radius 2 is 1.94 bits per heavy atom. The normalized spacial score (nSPS) is 9.56. The molecule has 0 aliphatic rings. The van der Waals surface area contributed by atoms with Gasteiger partial charge in [-0.2, -0.15) is 0 Å². The summed E-state index contributed by atoms with van der Waals surface area (Å²) >= 11 is 0. The van der Waals surface area contributed by atoms with Gasteiger partial charge in [0.05, 0.1) is 12.7 Å². The minimum absolute atomic E-state index is 0.0891. The van der Waals surface area contributed by atoms with Crippen molar-refractivity contribution in [1.82, 2.24) is 0 Å². The number of benzene rings is 1. The molecular formula is C11H15N3O2. The van der Waals surface area contributed by atoms with E-state index in [2.05, 4.69) is 9.73 Å². The van der Waals surface area contributed by atoms with Gasteiger partial charge >= 0.3 is 5.97 Å². The first-order valence-electron chi connectivity index (χ1n) is 4.86. The van der Waals surface area contributed by atoms with Crippen LogP contribution in [-0.4, -0.2) is 25.6 Å². The molecule has 0 radical (unpaired) electrons. The predicted molar refractivity (Wildman–Crippen MR) is 62.2 cm³/mol. The van der Waals surface area contributed by atoms with Crippen molar-refractivity contribution in [3.05, 3.63) is 35.4 Å². The highest BCUT2D eigenvalue weighted by Gasteiger charge is 2.03. The summed E-state index contributed by atoms with van der Waals surface area (Å²) in [5.74, 6) is -0.248. The highest BCUT2D eigenvalue weighted by Crippen LogP contribution is 2.06. The number of hydrogen-bond donors (Lipinski definition) is 2. The smallest absolute Gasteiger partial charge is 0.337 e. The van der Waals surface area contributed by atoms with E-state index in [4.69, 9.17) is 11.5 Å². The molecule has 0 spiro atoms. The molecule has 0 amide bonds. The number of carbonyl (C=O) groups excluding carboxylic acids is 1. The zero-order chi connectivity index (χ0) is 12.0. The van der Waals surface area contributed by atoms with Gasteiger partial charge in [-0.1, -0.05) is 12.1 Å². The largest absolute Gasteiger partial charge is 0.465 e. The summed E-state index contributed by atoms with van der Waals surface area (Å²) in [7, 11) is 1.36.